The predicted molar refractivity (Wildman–Crippen MR) is 66.8 cm³/mol. The largest absolute Gasteiger partial charge is 0.469 e. The zero-order valence-electron chi connectivity index (χ0n) is 9.96. The van der Waals surface area contributed by atoms with E-state index in [2.05, 4.69) is 15.9 Å². The molecule has 0 amide bonds. The van der Waals surface area contributed by atoms with Crippen LogP contribution in [0.3, 0.4) is 0 Å². The van der Waals surface area contributed by atoms with Crippen molar-refractivity contribution in [3.63, 3.8) is 0 Å². The molecule has 0 fully saturated rings. The number of hydrogen-bond acceptors (Lipinski definition) is 3. The number of benzene rings is 1. The average Bonchev–Trinajstić information content (AvgIpc) is 2.25. The highest BCUT2D eigenvalue weighted by Gasteiger charge is 2.36. The molecule has 2 N–H and O–H groups in total. The van der Waals surface area contributed by atoms with Crippen LogP contribution >= 0.6 is 15.9 Å². The van der Waals surface area contributed by atoms with Gasteiger partial charge in [-0.3, -0.25) is 4.79 Å². The lowest BCUT2D eigenvalue weighted by atomic mass is 9.81. The molecule has 3 nitrogen and oxygen atoms in total. The van der Waals surface area contributed by atoms with Crippen LogP contribution in [0.4, 0.5) is 4.39 Å². The Morgan fingerprint density at radius 2 is 2.06 bits per heavy atom. The van der Waals surface area contributed by atoms with Gasteiger partial charge in [0.25, 0.3) is 0 Å². The lowest BCUT2D eigenvalue weighted by Crippen LogP contribution is -2.37. The summed E-state index contributed by atoms with van der Waals surface area (Å²) in [6, 6.07) is 3.71. The summed E-state index contributed by atoms with van der Waals surface area (Å²) in [5, 5.41) is 0. The summed E-state index contributed by atoms with van der Waals surface area (Å²) in [5.74, 6) is -0.823. The first-order chi connectivity index (χ1) is 7.78. The van der Waals surface area contributed by atoms with Crippen LogP contribution in [0, 0.1) is 11.2 Å². The molecule has 0 unspecified atom stereocenters. The molecule has 94 valence electrons. The molecular formula is C12H15BrFNO2. The van der Waals surface area contributed by atoms with Crippen molar-refractivity contribution < 1.29 is 13.9 Å². The Labute approximate surface area is 108 Å². The van der Waals surface area contributed by atoms with E-state index < -0.39 is 23.2 Å². The van der Waals surface area contributed by atoms with Crippen molar-refractivity contribution in [1.82, 2.24) is 0 Å². The van der Waals surface area contributed by atoms with E-state index >= 15 is 0 Å². The minimum absolute atomic E-state index is 0.398. The second kappa shape index (κ2) is 5.14. The Kier molecular flexibility index (Phi) is 4.27. The van der Waals surface area contributed by atoms with Gasteiger partial charge >= 0.3 is 5.97 Å². The van der Waals surface area contributed by atoms with Crippen LogP contribution in [-0.2, 0) is 9.53 Å². The minimum atomic E-state index is -0.915. The fourth-order valence-corrected chi connectivity index (χ4v) is 2.04. The van der Waals surface area contributed by atoms with E-state index in [1.165, 1.54) is 19.2 Å². The number of halogens is 2. The number of hydrogen-bond donors (Lipinski definition) is 1. The van der Waals surface area contributed by atoms with Crippen molar-refractivity contribution in [2.75, 3.05) is 7.11 Å². The first-order valence-electron chi connectivity index (χ1n) is 5.09. The van der Waals surface area contributed by atoms with Gasteiger partial charge in [0, 0.05) is 10.5 Å². The molecule has 0 aliphatic heterocycles. The number of esters is 1. The molecule has 1 aromatic rings. The lowest BCUT2D eigenvalue weighted by Gasteiger charge is -2.29. The third-order valence-electron chi connectivity index (χ3n) is 2.73. The molecule has 0 spiro atoms. The van der Waals surface area contributed by atoms with E-state index in [1.54, 1.807) is 19.9 Å². The summed E-state index contributed by atoms with van der Waals surface area (Å²) in [4.78, 5) is 11.6. The van der Waals surface area contributed by atoms with Gasteiger partial charge < -0.3 is 10.5 Å². The first-order valence-corrected chi connectivity index (χ1v) is 5.88. The van der Waals surface area contributed by atoms with Crippen LogP contribution in [0.25, 0.3) is 0 Å². The second-order valence-corrected chi connectivity index (χ2v) is 5.31. The molecule has 0 bridgehead atoms. The molecule has 0 aliphatic carbocycles. The van der Waals surface area contributed by atoms with Gasteiger partial charge in [0.2, 0.25) is 0 Å². The highest BCUT2D eigenvalue weighted by molar-refractivity contribution is 9.10. The Morgan fingerprint density at radius 1 is 1.47 bits per heavy atom. The normalized spacial score (nSPS) is 13.3. The molecule has 0 aliphatic rings. The number of nitrogens with two attached hydrogens (primary N) is 1. The van der Waals surface area contributed by atoms with Gasteiger partial charge in [-0.05, 0) is 37.6 Å². The number of ether oxygens (including phenoxy) is 1. The maximum atomic E-state index is 13.3. The Balaban J connectivity index is 3.11. The summed E-state index contributed by atoms with van der Waals surface area (Å²) in [7, 11) is 1.30. The van der Waals surface area contributed by atoms with Gasteiger partial charge in [-0.1, -0.05) is 15.9 Å². The van der Waals surface area contributed by atoms with Gasteiger partial charge in [-0.15, -0.1) is 0 Å². The van der Waals surface area contributed by atoms with E-state index in [0.717, 1.165) is 0 Å². The average molecular weight is 304 g/mol. The molecule has 0 saturated carbocycles. The summed E-state index contributed by atoms with van der Waals surface area (Å²) in [6.07, 6.45) is 0. The van der Waals surface area contributed by atoms with Gasteiger partial charge in [-0.2, -0.15) is 0 Å². The zero-order valence-corrected chi connectivity index (χ0v) is 11.5. The van der Waals surface area contributed by atoms with Crippen molar-refractivity contribution in [3.05, 3.63) is 34.1 Å². The Hall–Kier alpha value is -0.940. The fraction of sp³-hybridized carbons (Fsp3) is 0.417. The van der Waals surface area contributed by atoms with Gasteiger partial charge in [0.1, 0.15) is 5.82 Å². The molecule has 17 heavy (non-hydrogen) atoms. The molecule has 1 atom stereocenters. The fourth-order valence-electron chi connectivity index (χ4n) is 1.56. The topological polar surface area (TPSA) is 52.3 Å². The van der Waals surface area contributed by atoms with E-state index in [1.807, 2.05) is 0 Å². The minimum Gasteiger partial charge on any atom is -0.469 e. The Morgan fingerprint density at radius 3 is 2.53 bits per heavy atom. The molecule has 0 heterocycles. The molecule has 0 aromatic heterocycles. The second-order valence-electron chi connectivity index (χ2n) is 4.39. The van der Waals surface area contributed by atoms with Gasteiger partial charge in [0.15, 0.2) is 0 Å². The van der Waals surface area contributed by atoms with Crippen LogP contribution in [0.1, 0.15) is 25.5 Å². The lowest BCUT2D eigenvalue weighted by molar-refractivity contribution is -0.152. The first kappa shape index (κ1) is 14.1. The highest BCUT2D eigenvalue weighted by atomic mass is 79.9. The molecule has 5 heteroatoms. The van der Waals surface area contributed by atoms with Crippen LogP contribution in [0.2, 0.25) is 0 Å². The van der Waals surface area contributed by atoms with Gasteiger partial charge in [0.05, 0.1) is 12.5 Å². The number of carbonyl (C=O) groups excluding carboxylic acids is 1. The highest BCUT2D eigenvalue weighted by Crippen LogP contribution is 2.33. The van der Waals surface area contributed by atoms with Crippen molar-refractivity contribution in [2.45, 2.75) is 19.9 Å². The maximum absolute atomic E-state index is 13.3. The van der Waals surface area contributed by atoms with E-state index in [9.17, 15) is 9.18 Å². The van der Waals surface area contributed by atoms with E-state index in [0.29, 0.717) is 10.0 Å². The maximum Gasteiger partial charge on any atom is 0.313 e. The summed E-state index contributed by atoms with van der Waals surface area (Å²) in [6.45, 7) is 3.34. The van der Waals surface area contributed by atoms with Crippen molar-refractivity contribution in [2.24, 2.45) is 11.1 Å². The predicted octanol–water partition coefficient (Wildman–Crippen LogP) is 2.79. The standard InChI is InChI=1S/C12H15BrFNO2/c1-12(2,11(16)17-3)10(15)7-4-8(13)6-9(14)5-7/h4-6,10H,15H2,1-3H3/t10-/m0/s1. The SMILES string of the molecule is COC(=O)C(C)(C)[C@@H](N)c1cc(F)cc(Br)c1. The molecule has 0 saturated heterocycles. The number of carbonyl (C=O) groups is 1. The summed E-state index contributed by atoms with van der Waals surface area (Å²) < 4.78 is 18.5. The zero-order chi connectivity index (χ0) is 13.2. The molecule has 0 radical (unpaired) electrons. The van der Waals surface area contributed by atoms with Crippen molar-refractivity contribution in [1.29, 1.82) is 0 Å². The monoisotopic (exact) mass is 303 g/mol. The van der Waals surface area contributed by atoms with Crippen LogP contribution in [-0.4, -0.2) is 13.1 Å². The molecular weight excluding hydrogens is 289 g/mol. The van der Waals surface area contributed by atoms with Crippen LogP contribution < -0.4 is 5.73 Å². The Bertz CT molecular complexity index is 414. The van der Waals surface area contributed by atoms with E-state index in [-0.39, 0.29) is 0 Å². The smallest absolute Gasteiger partial charge is 0.313 e. The summed E-state index contributed by atoms with van der Waals surface area (Å²) >= 11 is 3.19. The molecule has 1 aromatic carbocycles. The van der Waals surface area contributed by atoms with Crippen LogP contribution in [0.15, 0.2) is 22.7 Å². The van der Waals surface area contributed by atoms with Gasteiger partial charge in [-0.25, -0.2) is 4.39 Å². The van der Waals surface area contributed by atoms with E-state index in [4.69, 9.17) is 10.5 Å². The van der Waals surface area contributed by atoms with Crippen LogP contribution in [0.5, 0.6) is 0 Å². The summed E-state index contributed by atoms with van der Waals surface area (Å²) in [5.41, 5.74) is 5.63. The van der Waals surface area contributed by atoms with Crippen molar-refractivity contribution in [3.8, 4) is 0 Å². The quantitative estimate of drug-likeness (QED) is 0.874. The van der Waals surface area contributed by atoms with Crippen molar-refractivity contribution >= 4 is 21.9 Å². The number of rotatable bonds is 3. The molecule has 1 rings (SSSR count). The number of methoxy groups -OCH3 is 1. The third kappa shape index (κ3) is 3.04. The third-order valence-corrected chi connectivity index (χ3v) is 3.19.